The van der Waals surface area contributed by atoms with Crippen LogP contribution in [-0.4, -0.2) is 52.5 Å². The molecule has 7 heteroatoms. The van der Waals surface area contributed by atoms with Crippen molar-refractivity contribution in [3.05, 3.63) is 30.1 Å². The molecule has 0 unspecified atom stereocenters. The van der Waals surface area contributed by atoms with Gasteiger partial charge in [0, 0.05) is 32.0 Å². The molecule has 0 saturated carbocycles. The van der Waals surface area contributed by atoms with Crippen LogP contribution in [-0.2, 0) is 11.3 Å². The number of likely N-dealkylation sites (N-methyl/N-ethyl adjacent to an activating group) is 1. The zero-order valence-electron chi connectivity index (χ0n) is 13.9. The largest absolute Gasteiger partial charge is 0.390 e. The van der Waals surface area contributed by atoms with E-state index >= 15 is 0 Å². The molecule has 2 heterocycles. The molecule has 1 aromatic rings. The fourth-order valence-electron chi connectivity index (χ4n) is 3.08. The van der Waals surface area contributed by atoms with Crippen LogP contribution in [0.4, 0.5) is 13.2 Å². The van der Waals surface area contributed by atoms with Gasteiger partial charge in [-0.15, -0.1) is 0 Å². The molecule has 0 radical (unpaired) electrons. The molecule has 0 aromatic carbocycles. The summed E-state index contributed by atoms with van der Waals surface area (Å²) in [6, 6.07) is 3.47. The maximum atomic E-state index is 12.8. The zero-order valence-corrected chi connectivity index (χ0v) is 13.9. The summed E-state index contributed by atoms with van der Waals surface area (Å²) in [5.74, 6) is -0.185. The second kappa shape index (κ2) is 8.46. The van der Waals surface area contributed by atoms with Crippen molar-refractivity contribution >= 4 is 5.91 Å². The van der Waals surface area contributed by atoms with Crippen molar-refractivity contribution in [2.75, 3.05) is 19.6 Å². The van der Waals surface area contributed by atoms with Crippen molar-refractivity contribution in [2.45, 2.75) is 51.4 Å². The molecular weight excluding hydrogens is 319 g/mol. The van der Waals surface area contributed by atoms with Crippen LogP contribution in [0.1, 0.15) is 38.2 Å². The van der Waals surface area contributed by atoms with Gasteiger partial charge in [-0.05, 0) is 44.0 Å². The van der Waals surface area contributed by atoms with E-state index in [0.717, 1.165) is 24.9 Å². The molecule has 0 spiro atoms. The summed E-state index contributed by atoms with van der Waals surface area (Å²) in [6.07, 6.45) is 0.853. The lowest BCUT2D eigenvalue weighted by atomic mass is 10.00. The van der Waals surface area contributed by atoms with Gasteiger partial charge >= 0.3 is 6.18 Å². The van der Waals surface area contributed by atoms with Crippen molar-refractivity contribution in [2.24, 2.45) is 0 Å². The van der Waals surface area contributed by atoms with Crippen LogP contribution in [0.2, 0.25) is 0 Å². The molecule has 4 nitrogen and oxygen atoms in total. The average Bonchev–Trinajstić information content (AvgIpc) is 2.55. The number of amides is 1. The Balaban J connectivity index is 2.03. The van der Waals surface area contributed by atoms with Crippen LogP contribution < -0.4 is 0 Å². The first-order chi connectivity index (χ1) is 11.4. The number of carbonyl (C=O) groups excluding carboxylic acids is 1. The Morgan fingerprint density at radius 3 is 2.67 bits per heavy atom. The van der Waals surface area contributed by atoms with Gasteiger partial charge in [-0.25, -0.2) is 0 Å². The molecule has 24 heavy (non-hydrogen) atoms. The van der Waals surface area contributed by atoms with Crippen molar-refractivity contribution in [3.8, 4) is 0 Å². The zero-order chi connectivity index (χ0) is 17.6. The monoisotopic (exact) mass is 343 g/mol. The topological polar surface area (TPSA) is 36.4 Å². The molecule has 0 N–H and O–H groups in total. The molecule has 1 amide bonds. The molecule has 1 saturated heterocycles. The van der Waals surface area contributed by atoms with E-state index in [1.807, 2.05) is 12.1 Å². The highest BCUT2D eigenvalue weighted by Gasteiger charge is 2.34. The van der Waals surface area contributed by atoms with Gasteiger partial charge in [-0.1, -0.05) is 6.42 Å². The maximum absolute atomic E-state index is 12.8. The lowest BCUT2D eigenvalue weighted by molar-refractivity contribution is -0.149. The number of pyridine rings is 1. The van der Waals surface area contributed by atoms with Crippen LogP contribution in [0, 0.1) is 0 Å². The van der Waals surface area contributed by atoms with Crippen LogP contribution in [0.5, 0.6) is 0 Å². The van der Waals surface area contributed by atoms with Crippen molar-refractivity contribution in [1.82, 2.24) is 14.8 Å². The minimum Gasteiger partial charge on any atom is -0.341 e. The maximum Gasteiger partial charge on any atom is 0.390 e. The molecule has 1 fully saturated rings. The summed E-state index contributed by atoms with van der Waals surface area (Å²) in [7, 11) is 0. The summed E-state index contributed by atoms with van der Waals surface area (Å²) in [5.41, 5.74) is 1.06. The van der Waals surface area contributed by atoms with Crippen LogP contribution in [0.3, 0.4) is 0 Å². The second-order valence-corrected chi connectivity index (χ2v) is 6.12. The third kappa shape index (κ3) is 5.47. The molecule has 1 atom stereocenters. The van der Waals surface area contributed by atoms with Gasteiger partial charge < -0.3 is 4.90 Å². The van der Waals surface area contributed by atoms with Crippen molar-refractivity contribution < 1.29 is 18.0 Å². The number of piperidine rings is 1. The Kier molecular flexibility index (Phi) is 6.60. The van der Waals surface area contributed by atoms with E-state index in [9.17, 15) is 18.0 Å². The second-order valence-electron chi connectivity index (χ2n) is 6.12. The first kappa shape index (κ1) is 18.7. The van der Waals surface area contributed by atoms with Gasteiger partial charge in [0.2, 0.25) is 5.91 Å². The fourth-order valence-corrected chi connectivity index (χ4v) is 3.08. The van der Waals surface area contributed by atoms with Crippen molar-refractivity contribution in [1.29, 1.82) is 0 Å². The van der Waals surface area contributed by atoms with E-state index in [1.54, 1.807) is 19.3 Å². The third-order valence-electron chi connectivity index (χ3n) is 4.39. The quantitative estimate of drug-likeness (QED) is 0.796. The Morgan fingerprint density at radius 1 is 1.33 bits per heavy atom. The third-order valence-corrected chi connectivity index (χ3v) is 4.39. The Labute approximate surface area is 140 Å². The Bertz CT molecular complexity index is 522. The van der Waals surface area contributed by atoms with E-state index in [4.69, 9.17) is 0 Å². The molecule has 1 aliphatic heterocycles. The van der Waals surface area contributed by atoms with Gasteiger partial charge in [0.25, 0.3) is 0 Å². The summed E-state index contributed by atoms with van der Waals surface area (Å²) >= 11 is 0. The molecule has 1 aliphatic rings. The van der Waals surface area contributed by atoms with Gasteiger partial charge in [-0.3, -0.25) is 14.7 Å². The number of hydrogen-bond acceptors (Lipinski definition) is 3. The Hall–Kier alpha value is -1.63. The molecule has 0 bridgehead atoms. The smallest absolute Gasteiger partial charge is 0.341 e. The minimum absolute atomic E-state index is 0.185. The number of likely N-dealkylation sites (tertiary alicyclic amines) is 1. The van der Waals surface area contributed by atoms with Gasteiger partial charge in [0.15, 0.2) is 0 Å². The minimum atomic E-state index is -4.24. The number of carbonyl (C=O) groups is 1. The summed E-state index contributed by atoms with van der Waals surface area (Å²) in [4.78, 5) is 20.1. The molecule has 2 rings (SSSR count). The SMILES string of the molecule is CCN(CCC(F)(F)F)C(=O)[C@@H]1CCCCN1Cc1ccncc1. The van der Waals surface area contributed by atoms with Gasteiger partial charge in [0.05, 0.1) is 12.5 Å². The predicted octanol–water partition coefficient (Wildman–Crippen LogP) is 3.24. The predicted molar refractivity (Wildman–Crippen MR) is 85.2 cm³/mol. The average molecular weight is 343 g/mol. The summed E-state index contributed by atoms with van der Waals surface area (Å²) in [6.45, 7) is 3.17. The number of halogens is 3. The lowest BCUT2D eigenvalue weighted by Gasteiger charge is -2.37. The van der Waals surface area contributed by atoms with E-state index in [2.05, 4.69) is 9.88 Å². The van der Waals surface area contributed by atoms with E-state index in [-0.39, 0.29) is 18.5 Å². The number of alkyl halides is 3. The van der Waals surface area contributed by atoms with Crippen LogP contribution >= 0.6 is 0 Å². The molecule has 0 aliphatic carbocycles. The number of aromatic nitrogens is 1. The molecule has 134 valence electrons. The first-order valence-electron chi connectivity index (χ1n) is 8.39. The highest BCUT2D eigenvalue weighted by atomic mass is 19.4. The Morgan fingerprint density at radius 2 is 2.04 bits per heavy atom. The number of rotatable bonds is 6. The number of nitrogens with zero attached hydrogens (tertiary/aromatic N) is 3. The van der Waals surface area contributed by atoms with Crippen molar-refractivity contribution in [3.63, 3.8) is 0 Å². The lowest BCUT2D eigenvalue weighted by Crippen LogP contribution is -2.51. The molecule has 1 aromatic heterocycles. The van der Waals surface area contributed by atoms with Gasteiger partial charge in [0.1, 0.15) is 0 Å². The van der Waals surface area contributed by atoms with Crippen LogP contribution in [0.15, 0.2) is 24.5 Å². The highest BCUT2D eigenvalue weighted by molar-refractivity contribution is 5.82. The normalized spacial score (nSPS) is 19.2. The highest BCUT2D eigenvalue weighted by Crippen LogP contribution is 2.23. The van der Waals surface area contributed by atoms with Gasteiger partial charge in [-0.2, -0.15) is 13.2 Å². The standard InChI is InChI=1S/C17H24F3N3O/c1-2-22(12-8-17(18,19)20)16(24)15-5-3-4-11-23(15)13-14-6-9-21-10-7-14/h6-7,9-10,15H,2-5,8,11-13H2,1H3/t15-/m0/s1. The number of hydrogen-bond donors (Lipinski definition) is 0. The summed E-state index contributed by atoms with van der Waals surface area (Å²) < 4.78 is 37.4. The van der Waals surface area contributed by atoms with E-state index in [1.165, 1.54) is 4.90 Å². The fraction of sp³-hybridized carbons (Fsp3) is 0.647. The van der Waals surface area contributed by atoms with E-state index in [0.29, 0.717) is 19.5 Å². The van der Waals surface area contributed by atoms with E-state index < -0.39 is 12.6 Å². The first-order valence-corrected chi connectivity index (χ1v) is 8.39. The van der Waals surface area contributed by atoms with Crippen LogP contribution in [0.25, 0.3) is 0 Å². The summed E-state index contributed by atoms with van der Waals surface area (Å²) in [5, 5.41) is 0. The molecular formula is C17H24F3N3O.